The molecule has 0 aromatic carbocycles. The lowest BCUT2D eigenvalue weighted by molar-refractivity contribution is -0.156. The highest BCUT2D eigenvalue weighted by Crippen LogP contribution is 2.18. The fraction of sp³-hybridized carbons (Fsp3) is 0.867. The van der Waals surface area contributed by atoms with Crippen LogP contribution in [0, 0.1) is 0 Å². The molecular formula is C15H26N2O4. The normalized spacial score (nSPS) is 26.4. The summed E-state index contributed by atoms with van der Waals surface area (Å²) in [6.45, 7) is 4.69. The van der Waals surface area contributed by atoms with Crippen LogP contribution in [0.3, 0.4) is 0 Å². The minimum Gasteiger partial charge on any atom is -0.464 e. The molecule has 0 radical (unpaired) electrons. The number of carbonyl (C=O) groups excluding carboxylic acids is 2. The van der Waals surface area contributed by atoms with Gasteiger partial charge in [-0.2, -0.15) is 0 Å². The van der Waals surface area contributed by atoms with Gasteiger partial charge in [-0.3, -0.25) is 4.79 Å². The first kappa shape index (κ1) is 16.2. The van der Waals surface area contributed by atoms with Crippen LogP contribution in [-0.2, 0) is 19.1 Å². The minimum absolute atomic E-state index is 0.0312. The van der Waals surface area contributed by atoms with Gasteiger partial charge in [0.2, 0.25) is 5.91 Å². The summed E-state index contributed by atoms with van der Waals surface area (Å²) in [6, 6.07) is -0.488. The maximum absolute atomic E-state index is 12.4. The molecule has 2 aliphatic rings. The second-order valence-electron chi connectivity index (χ2n) is 5.59. The zero-order chi connectivity index (χ0) is 15.1. The van der Waals surface area contributed by atoms with Crippen molar-refractivity contribution in [2.45, 2.75) is 51.2 Å². The van der Waals surface area contributed by atoms with Gasteiger partial charge >= 0.3 is 5.97 Å². The number of piperazine rings is 1. The summed E-state index contributed by atoms with van der Waals surface area (Å²) in [4.78, 5) is 26.0. The molecule has 6 nitrogen and oxygen atoms in total. The Kier molecular flexibility index (Phi) is 6.45. The highest BCUT2D eigenvalue weighted by atomic mass is 16.5. The van der Waals surface area contributed by atoms with E-state index in [1.165, 1.54) is 6.42 Å². The summed E-state index contributed by atoms with van der Waals surface area (Å²) in [5.74, 6) is -0.282. The predicted molar refractivity (Wildman–Crippen MR) is 77.8 cm³/mol. The predicted octanol–water partition coefficient (Wildman–Crippen LogP) is 0.699. The van der Waals surface area contributed by atoms with Crippen LogP contribution in [0.25, 0.3) is 0 Å². The van der Waals surface area contributed by atoms with Gasteiger partial charge in [0.15, 0.2) is 0 Å². The Morgan fingerprint density at radius 1 is 1.38 bits per heavy atom. The summed E-state index contributed by atoms with van der Waals surface area (Å²) >= 11 is 0. The van der Waals surface area contributed by atoms with E-state index in [0.29, 0.717) is 26.1 Å². The van der Waals surface area contributed by atoms with E-state index in [9.17, 15) is 9.59 Å². The molecule has 1 N–H and O–H groups in total. The molecule has 2 heterocycles. The van der Waals surface area contributed by atoms with Crippen LogP contribution >= 0.6 is 0 Å². The van der Waals surface area contributed by atoms with E-state index < -0.39 is 6.04 Å². The first-order valence-electron chi connectivity index (χ1n) is 8.00. The third-order valence-electron chi connectivity index (χ3n) is 4.08. The van der Waals surface area contributed by atoms with Crippen LogP contribution in [0.5, 0.6) is 0 Å². The lowest BCUT2D eigenvalue weighted by Crippen LogP contribution is -2.57. The molecule has 21 heavy (non-hydrogen) atoms. The van der Waals surface area contributed by atoms with Crippen molar-refractivity contribution in [1.29, 1.82) is 0 Å². The first-order valence-corrected chi connectivity index (χ1v) is 8.00. The summed E-state index contributed by atoms with van der Waals surface area (Å²) in [7, 11) is 0. The van der Waals surface area contributed by atoms with Crippen molar-refractivity contribution in [3.05, 3.63) is 0 Å². The van der Waals surface area contributed by atoms with Gasteiger partial charge in [-0.15, -0.1) is 0 Å². The second kappa shape index (κ2) is 8.34. The molecule has 6 heteroatoms. The number of hydrogen-bond donors (Lipinski definition) is 1. The topological polar surface area (TPSA) is 67.9 Å². The minimum atomic E-state index is -0.488. The molecule has 0 aromatic rings. The molecule has 2 unspecified atom stereocenters. The van der Waals surface area contributed by atoms with Crippen molar-refractivity contribution in [3.8, 4) is 0 Å². The van der Waals surface area contributed by atoms with E-state index in [1.807, 2.05) is 0 Å². The van der Waals surface area contributed by atoms with Crippen LogP contribution in [-0.4, -0.2) is 61.8 Å². The Morgan fingerprint density at radius 3 is 2.95 bits per heavy atom. The monoisotopic (exact) mass is 298 g/mol. The van der Waals surface area contributed by atoms with Crippen LogP contribution in [0.2, 0.25) is 0 Å². The van der Waals surface area contributed by atoms with Gasteiger partial charge in [-0.05, 0) is 32.6 Å². The van der Waals surface area contributed by atoms with Crippen molar-refractivity contribution >= 4 is 11.9 Å². The van der Waals surface area contributed by atoms with E-state index in [1.54, 1.807) is 11.8 Å². The van der Waals surface area contributed by atoms with Crippen LogP contribution in [0.15, 0.2) is 0 Å². The van der Waals surface area contributed by atoms with Crippen molar-refractivity contribution in [1.82, 2.24) is 10.2 Å². The number of esters is 1. The fourth-order valence-electron chi connectivity index (χ4n) is 2.92. The molecule has 2 saturated heterocycles. The molecule has 1 amide bonds. The van der Waals surface area contributed by atoms with E-state index >= 15 is 0 Å². The highest BCUT2D eigenvalue weighted by molar-refractivity contribution is 5.85. The summed E-state index contributed by atoms with van der Waals surface area (Å²) in [5, 5.41) is 3.15. The SMILES string of the molecule is CCOC(=O)C1CNCCN1C(=O)CCC1CCCCO1. The molecule has 2 atom stereocenters. The largest absolute Gasteiger partial charge is 0.464 e. The number of amides is 1. The van der Waals surface area contributed by atoms with Gasteiger partial charge in [-0.1, -0.05) is 0 Å². The average molecular weight is 298 g/mol. The Balaban J connectivity index is 1.84. The van der Waals surface area contributed by atoms with Gasteiger partial charge < -0.3 is 19.7 Å². The number of hydrogen-bond acceptors (Lipinski definition) is 5. The van der Waals surface area contributed by atoms with Crippen molar-refractivity contribution in [2.24, 2.45) is 0 Å². The molecular weight excluding hydrogens is 272 g/mol. The number of nitrogens with zero attached hydrogens (tertiary/aromatic N) is 1. The van der Waals surface area contributed by atoms with Crippen molar-refractivity contribution in [2.75, 3.05) is 32.8 Å². The summed E-state index contributed by atoms with van der Waals surface area (Å²) in [6.07, 6.45) is 4.73. The number of carbonyl (C=O) groups is 2. The zero-order valence-electron chi connectivity index (χ0n) is 12.8. The molecule has 0 bridgehead atoms. The smallest absolute Gasteiger partial charge is 0.330 e. The molecule has 0 aliphatic carbocycles. The Morgan fingerprint density at radius 2 is 2.24 bits per heavy atom. The van der Waals surface area contributed by atoms with Crippen LogP contribution in [0.1, 0.15) is 39.0 Å². The third-order valence-corrected chi connectivity index (χ3v) is 4.08. The molecule has 120 valence electrons. The maximum Gasteiger partial charge on any atom is 0.330 e. The zero-order valence-corrected chi connectivity index (χ0v) is 12.8. The van der Waals surface area contributed by atoms with E-state index in [-0.39, 0.29) is 18.0 Å². The van der Waals surface area contributed by atoms with E-state index in [2.05, 4.69) is 5.32 Å². The Hall–Kier alpha value is -1.14. The Bertz CT molecular complexity index is 356. The summed E-state index contributed by atoms with van der Waals surface area (Å²) in [5.41, 5.74) is 0. The first-order chi connectivity index (χ1) is 10.2. The summed E-state index contributed by atoms with van der Waals surface area (Å²) < 4.78 is 10.7. The van der Waals surface area contributed by atoms with E-state index in [0.717, 1.165) is 32.4 Å². The van der Waals surface area contributed by atoms with Crippen molar-refractivity contribution in [3.63, 3.8) is 0 Å². The van der Waals surface area contributed by atoms with E-state index in [4.69, 9.17) is 9.47 Å². The van der Waals surface area contributed by atoms with Crippen LogP contribution in [0.4, 0.5) is 0 Å². The van der Waals surface area contributed by atoms with Gasteiger partial charge in [-0.25, -0.2) is 4.79 Å². The molecule has 0 aromatic heterocycles. The Labute approximate surface area is 126 Å². The fourth-order valence-corrected chi connectivity index (χ4v) is 2.92. The molecule has 0 saturated carbocycles. The van der Waals surface area contributed by atoms with Gasteiger partial charge in [0.05, 0.1) is 12.7 Å². The highest BCUT2D eigenvalue weighted by Gasteiger charge is 2.33. The number of ether oxygens (including phenoxy) is 2. The van der Waals surface area contributed by atoms with Crippen molar-refractivity contribution < 1.29 is 19.1 Å². The third kappa shape index (κ3) is 4.68. The molecule has 2 rings (SSSR count). The molecule has 2 fully saturated rings. The lowest BCUT2D eigenvalue weighted by Gasteiger charge is -2.35. The molecule has 2 aliphatic heterocycles. The van der Waals surface area contributed by atoms with Gasteiger partial charge in [0.25, 0.3) is 0 Å². The standard InChI is InChI=1S/C15H26N2O4/c1-2-20-15(19)13-11-16-8-9-17(13)14(18)7-6-12-5-3-4-10-21-12/h12-13,16H,2-11H2,1H3. The molecule has 0 spiro atoms. The van der Waals surface area contributed by atoms with Crippen LogP contribution < -0.4 is 5.32 Å². The average Bonchev–Trinajstić information content (AvgIpc) is 2.54. The number of nitrogens with one attached hydrogen (secondary N) is 1. The quantitative estimate of drug-likeness (QED) is 0.757. The maximum atomic E-state index is 12.4. The van der Waals surface area contributed by atoms with Gasteiger partial charge in [0, 0.05) is 32.7 Å². The number of rotatable bonds is 5. The van der Waals surface area contributed by atoms with Gasteiger partial charge in [0.1, 0.15) is 6.04 Å². The lowest BCUT2D eigenvalue weighted by atomic mass is 10.0. The second-order valence-corrected chi connectivity index (χ2v) is 5.59.